The Bertz CT molecular complexity index is 572. The Balaban J connectivity index is 2.33. The summed E-state index contributed by atoms with van der Waals surface area (Å²) in [5.74, 6) is 0.554. The van der Waals surface area contributed by atoms with E-state index in [2.05, 4.69) is 14.9 Å². The number of benzene rings is 1. The monoisotopic (exact) mass is 283 g/mol. The second-order valence-electron chi connectivity index (χ2n) is 4.60. The van der Waals surface area contributed by atoms with Crippen LogP contribution in [-0.2, 0) is 0 Å². The maximum atomic E-state index is 12.3. The largest absolute Gasteiger partial charge is 0.434 e. The van der Waals surface area contributed by atoms with Crippen molar-refractivity contribution >= 4 is 0 Å². The first-order valence-electron chi connectivity index (χ1n) is 6.12. The van der Waals surface area contributed by atoms with Crippen LogP contribution in [-0.4, -0.2) is 16.8 Å². The molecule has 1 unspecified atom stereocenters. The molecule has 2 rings (SSSR count). The van der Waals surface area contributed by atoms with Crippen molar-refractivity contribution in [2.45, 2.75) is 26.5 Å². The molecule has 0 saturated carbocycles. The zero-order valence-electron chi connectivity index (χ0n) is 11.1. The van der Waals surface area contributed by atoms with Crippen LogP contribution in [0.15, 0.2) is 28.8 Å². The lowest BCUT2D eigenvalue weighted by molar-refractivity contribution is -0.0495. The SMILES string of the molecule is CC(C)C(N)c1noc(-c2ccccc2OC(F)F)n1. The third kappa shape index (κ3) is 3.11. The summed E-state index contributed by atoms with van der Waals surface area (Å²) in [4.78, 5) is 4.14. The molecule has 0 aliphatic carbocycles. The number of para-hydroxylation sites is 1. The van der Waals surface area contributed by atoms with E-state index in [0.29, 0.717) is 11.4 Å². The molecule has 1 aromatic carbocycles. The van der Waals surface area contributed by atoms with Gasteiger partial charge in [0.15, 0.2) is 5.82 Å². The van der Waals surface area contributed by atoms with E-state index in [1.54, 1.807) is 18.2 Å². The van der Waals surface area contributed by atoms with Crippen molar-refractivity contribution in [3.05, 3.63) is 30.1 Å². The molecule has 1 aromatic heterocycles. The molecule has 2 aromatic rings. The average molecular weight is 283 g/mol. The van der Waals surface area contributed by atoms with E-state index >= 15 is 0 Å². The molecule has 1 heterocycles. The highest BCUT2D eigenvalue weighted by Crippen LogP contribution is 2.30. The van der Waals surface area contributed by atoms with Gasteiger partial charge in [0.2, 0.25) is 0 Å². The van der Waals surface area contributed by atoms with Gasteiger partial charge in [-0.15, -0.1) is 0 Å². The van der Waals surface area contributed by atoms with Crippen molar-refractivity contribution in [1.29, 1.82) is 0 Å². The molecular formula is C13H15F2N3O2. The van der Waals surface area contributed by atoms with E-state index in [9.17, 15) is 8.78 Å². The van der Waals surface area contributed by atoms with Crippen LogP contribution in [0.3, 0.4) is 0 Å². The van der Waals surface area contributed by atoms with E-state index in [1.165, 1.54) is 6.07 Å². The summed E-state index contributed by atoms with van der Waals surface area (Å²) < 4.78 is 34.2. The van der Waals surface area contributed by atoms with Gasteiger partial charge in [-0.05, 0) is 18.1 Å². The molecule has 108 valence electrons. The Morgan fingerprint density at radius 3 is 2.60 bits per heavy atom. The van der Waals surface area contributed by atoms with Crippen LogP contribution in [0.2, 0.25) is 0 Å². The molecule has 0 spiro atoms. The van der Waals surface area contributed by atoms with Gasteiger partial charge in [0.25, 0.3) is 5.89 Å². The number of nitrogens with zero attached hydrogens (tertiary/aromatic N) is 2. The maximum Gasteiger partial charge on any atom is 0.387 e. The zero-order chi connectivity index (χ0) is 14.7. The fourth-order valence-corrected chi connectivity index (χ4v) is 1.62. The van der Waals surface area contributed by atoms with E-state index in [4.69, 9.17) is 10.3 Å². The number of rotatable bonds is 5. The van der Waals surface area contributed by atoms with Gasteiger partial charge in [-0.1, -0.05) is 31.1 Å². The molecule has 0 bridgehead atoms. The molecule has 7 heteroatoms. The standard InChI is InChI=1S/C13H15F2N3O2/c1-7(2)10(16)11-17-12(20-18-11)8-5-3-4-6-9(8)19-13(14)15/h3-7,10,13H,16H2,1-2H3. The van der Waals surface area contributed by atoms with Crippen molar-refractivity contribution in [1.82, 2.24) is 10.1 Å². The van der Waals surface area contributed by atoms with Crippen LogP contribution in [0.4, 0.5) is 8.78 Å². The maximum absolute atomic E-state index is 12.3. The smallest absolute Gasteiger partial charge is 0.387 e. The first kappa shape index (κ1) is 14.4. The predicted molar refractivity (Wildman–Crippen MR) is 68.1 cm³/mol. The molecule has 0 amide bonds. The van der Waals surface area contributed by atoms with E-state index in [0.717, 1.165) is 0 Å². The third-order valence-electron chi connectivity index (χ3n) is 2.79. The fourth-order valence-electron chi connectivity index (χ4n) is 1.62. The lowest BCUT2D eigenvalue weighted by Crippen LogP contribution is -2.18. The summed E-state index contributed by atoms with van der Waals surface area (Å²) in [6, 6.07) is 5.85. The molecule has 0 radical (unpaired) electrons. The van der Waals surface area contributed by atoms with Crippen molar-refractivity contribution in [2.24, 2.45) is 11.7 Å². The highest BCUT2D eigenvalue weighted by molar-refractivity contribution is 5.62. The van der Waals surface area contributed by atoms with Gasteiger partial charge in [-0.3, -0.25) is 0 Å². The summed E-state index contributed by atoms with van der Waals surface area (Å²) in [5.41, 5.74) is 6.22. The molecule has 5 nitrogen and oxygen atoms in total. The molecule has 20 heavy (non-hydrogen) atoms. The summed E-state index contributed by atoms with van der Waals surface area (Å²) in [6.07, 6.45) is 0. The first-order valence-corrected chi connectivity index (χ1v) is 6.12. The van der Waals surface area contributed by atoms with Crippen LogP contribution < -0.4 is 10.5 Å². The Morgan fingerprint density at radius 2 is 1.95 bits per heavy atom. The number of hydrogen-bond donors (Lipinski definition) is 1. The normalized spacial score (nSPS) is 12.9. The molecule has 2 N–H and O–H groups in total. The minimum atomic E-state index is -2.92. The van der Waals surface area contributed by atoms with E-state index < -0.39 is 6.61 Å². The molecule has 0 aliphatic heterocycles. The quantitative estimate of drug-likeness (QED) is 0.913. The second-order valence-corrected chi connectivity index (χ2v) is 4.60. The van der Waals surface area contributed by atoms with Gasteiger partial charge in [0.1, 0.15) is 5.75 Å². The van der Waals surface area contributed by atoms with Crippen LogP contribution in [0.5, 0.6) is 5.75 Å². The zero-order valence-corrected chi connectivity index (χ0v) is 11.1. The van der Waals surface area contributed by atoms with Crippen LogP contribution in [0.25, 0.3) is 11.5 Å². The highest BCUT2D eigenvalue weighted by Gasteiger charge is 2.20. The van der Waals surface area contributed by atoms with Gasteiger partial charge in [0.05, 0.1) is 11.6 Å². The summed E-state index contributed by atoms with van der Waals surface area (Å²) in [7, 11) is 0. The summed E-state index contributed by atoms with van der Waals surface area (Å²) >= 11 is 0. The molecule has 0 fully saturated rings. The van der Waals surface area contributed by atoms with Crippen LogP contribution in [0, 0.1) is 5.92 Å². The second kappa shape index (κ2) is 5.96. The highest BCUT2D eigenvalue weighted by atomic mass is 19.3. The Hall–Kier alpha value is -2.02. The average Bonchev–Trinajstić information content (AvgIpc) is 2.87. The third-order valence-corrected chi connectivity index (χ3v) is 2.79. The molecule has 0 aliphatic rings. The minimum Gasteiger partial charge on any atom is -0.434 e. The number of ether oxygens (including phenoxy) is 1. The Kier molecular flexibility index (Phi) is 4.29. The molecule has 0 saturated heterocycles. The van der Waals surface area contributed by atoms with E-state index in [-0.39, 0.29) is 23.6 Å². The van der Waals surface area contributed by atoms with Crippen LogP contribution >= 0.6 is 0 Å². The lowest BCUT2D eigenvalue weighted by atomic mass is 10.1. The van der Waals surface area contributed by atoms with Gasteiger partial charge in [-0.2, -0.15) is 13.8 Å². The topological polar surface area (TPSA) is 74.2 Å². The van der Waals surface area contributed by atoms with Gasteiger partial charge in [-0.25, -0.2) is 0 Å². The summed E-state index contributed by atoms with van der Waals surface area (Å²) in [6.45, 7) is 0.930. The molecule has 1 atom stereocenters. The number of halogens is 2. The van der Waals surface area contributed by atoms with Crippen LogP contribution in [0.1, 0.15) is 25.7 Å². The number of hydrogen-bond acceptors (Lipinski definition) is 5. The van der Waals surface area contributed by atoms with Crippen molar-refractivity contribution in [3.8, 4) is 17.2 Å². The molecular weight excluding hydrogens is 268 g/mol. The number of aromatic nitrogens is 2. The van der Waals surface area contributed by atoms with E-state index in [1.807, 2.05) is 13.8 Å². The first-order chi connectivity index (χ1) is 9.49. The lowest BCUT2D eigenvalue weighted by Gasteiger charge is -2.09. The number of alkyl halides is 2. The Morgan fingerprint density at radius 1 is 1.25 bits per heavy atom. The summed E-state index contributed by atoms with van der Waals surface area (Å²) in [5, 5.41) is 3.78. The van der Waals surface area contributed by atoms with Crippen molar-refractivity contribution in [3.63, 3.8) is 0 Å². The van der Waals surface area contributed by atoms with Gasteiger partial charge in [0, 0.05) is 0 Å². The van der Waals surface area contributed by atoms with Crippen molar-refractivity contribution in [2.75, 3.05) is 0 Å². The van der Waals surface area contributed by atoms with Gasteiger partial charge >= 0.3 is 6.61 Å². The minimum absolute atomic E-state index is 0.0178. The van der Waals surface area contributed by atoms with Crippen molar-refractivity contribution < 1.29 is 18.0 Å². The number of nitrogens with two attached hydrogens (primary N) is 1. The fraction of sp³-hybridized carbons (Fsp3) is 0.385. The Labute approximate surface area is 114 Å². The van der Waals surface area contributed by atoms with Gasteiger partial charge < -0.3 is 15.0 Å². The predicted octanol–water partition coefficient (Wildman–Crippen LogP) is 2.99.